The van der Waals surface area contributed by atoms with Crippen molar-refractivity contribution in [1.29, 1.82) is 0 Å². The first-order valence-electron chi connectivity index (χ1n) is 12.4. The summed E-state index contributed by atoms with van der Waals surface area (Å²) < 4.78 is 35.3. The van der Waals surface area contributed by atoms with Crippen LogP contribution in [0.25, 0.3) is 10.9 Å². The van der Waals surface area contributed by atoms with Gasteiger partial charge in [-0.2, -0.15) is 0 Å². The lowest BCUT2D eigenvalue weighted by atomic mass is 10.1. The van der Waals surface area contributed by atoms with Crippen molar-refractivity contribution in [3.8, 4) is 11.6 Å². The van der Waals surface area contributed by atoms with Crippen molar-refractivity contribution in [2.45, 2.75) is 32.2 Å². The fourth-order valence-corrected chi connectivity index (χ4v) is 5.49. The molecule has 37 heavy (non-hydrogen) atoms. The highest BCUT2D eigenvalue weighted by molar-refractivity contribution is 5.76. The van der Waals surface area contributed by atoms with Gasteiger partial charge in [0.05, 0.1) is 6.57 Å². The summed E-state index contributed by atoms with van der Waals surface area (Å²) in [6.07, 6.45) is 5.74. The summed E-state index contributed by atoms with van der Waals surface area (Å²) in [6.45, 7) is 13.8. The molecule has 9 heteroatoms. The molecule has 188 valence electrons. The number of nitrogens with zero attached hydrogens (tertiary/aromatic N) is 5. The Labute approximate surface area is 214 Å². The number of piperazine rings is 1. The Morgan fingerprint density at radius 2 is 1.97 bits per heavy atom. The van der Waals surface area contributed by atoms with E-state index in [1.807, 2.05) is 19.1 Å². The first-order valence-corrected chi connectivity index (χ1v) is 12.4. The Morgan fingerprint density at radius 1 is 1.14 bits per heavy atom. The number of hydrogen-bond acceptors (Lipinski definition) is 6. The van der Waals surface area contributed by atoms with Gasteiger partial charge in [-0.3, -0.25) is 4.90 Å². The first kappa shape index (κ1) is 23.4. The van der Waals surface area contributed by atoms with E-state index in [0.29, 0.717) is 18.0 Å². The third-order valence-electron chi connectivity index (χ3n) is 7.36. The molecule has 6 rings (SSSR count). The number of rotatable bonds is 5. The quantitative estimate of drug-likeness (QED) is 0.428. The smallest absolute Gasteiger partial charge is 0.288 e. The number of hydrogen-bond donors (Lipinski definition) is 1. The summed E-state index contributed by atoms with van der Waals surface area (Å²) in [7, 11) is 0. The van der Waals surface area contributed by atoms with E-state index in [4.69, 9.17) is 11.3 Å². The molecule has 0 saturated carbocycles. The molecule has 2 saturated heterocycles. The van der Waals surface area contributed by atoms with Gasteiger partial charge in [0.1, 0.15) is 18.0 Å². The lowest BCUT2D eigenvalue weighted by Gasteiger charge is -2.38. The molecule has 0 radical (unpaired) electrons. The summed E-state index contributed by atoms with van der Waals surface area (Å²) in [4.78, 5) is 16.7. The second-order valence-electron chi connectivity index (χ2n) is 9.77. The van der Waals surface area contributed by atoms with Crippen LogP contribution in [0.1, 0.15) is 30.9 Å². The van der Waals surface area contributed by atoms with Gasteiger partial charge in [0.25, 0.3) is 5.69 Å². The fourth-order valence-electron chi connectivity index (χ4n) is 5.49. The predicted octanol–water partition coefficient (Wildman–Crippen LogP) is 6.09. The van der Waals surface area contributed by atoms with Gasteiger partial charge in [-0.15, -0.1) is 0 Å². The number of ether oxygens (including phenoxy) is 1. The zero-order valence-corrected chi connectivity index (χ0v) is 20.5. The van der Waals surface area contributed by atoms with Crippen molar-refractivity contribution < 1.29 is 13.5 Å². The van der Waals surface area contributed by atoms with Gasteiger partial charge in [0.2, 0.25) is 5.88 Å². The maximum Gasteiger partial charge on any atom is 0.288 e. The van der Waals surface area contributed by atoms with Gasteiger partial charge in [-0.25, -0.2) is 23.6 Å². The lowest BCUT2D eigenvalue weighted by Crippen LogP contribution is -2.50. The van der Waals surface area contributed by atoms with E-state index >= 15 is 4.39 Å². The average Bonchev–Trinajstić information content (AvgIpc) is 3.54. The van der Waals surface area contributed by atoms with E-state index in [9.17, 15) is 4.39 Å². The minimum Gasteiger partial charge on any atom is -0.446 e. The van der Waals surface area contributed by atoms with E-state index in [1.165, 1.54) is 25.7 Å². The normalized spacial score (nSPS) is 18.7. The highest BCUT2D eigenvalue weighted by Gasteiger charge is 2.30. The molecule has 3 heterocycles. The van der Waals surface area contributed by atoms with Crippen LogP contribution in [0.5, 0.6) is 11.6 Å². The Kier molecular flexibility index (Phi) is 5.97. The van der Waals surface area contributed by atoms with Gasteiger partial charge < -0.3 is 15.0 Å². The van der Waals surface area contributed by atoms with Gasteiger partial charge in [-0.05, 0) is 57.0 Å². The van der Waals surface area contributed by atoms with Crippen LogP contribution in [-0.4, -0.2) is 47.1 Å². The highest BCUT2D eigenvalue weighted by Crippen LogP contribution is 2.40. The SMILES string of the molecule is [C-]#[N+]c1c(Nc2ccc(N3CCN4CCCC4C3)cc2)ncnc1Oc1cc(F)c2c(c1F)C=C(C)C2. The van der Waals surface area contributed by atoms with Crippen molar-refractivity contribution in [3.05, 3.63) is 76.4 Å². The molecule has 2 fully saturated rings. The van der Waals surface area contributed by atoms with Crippen molar-refractivity contribution in [2.24, 2.45) is 0 Å². The molecule has 1 unspecified atom stereocenters. The summed E-state index contributed by atoms with van der Waals surface area (Å²) in [5.41, 5.74) is 3.24. The topological polar surface area (TPSA) is 57.9 Å². The Morgan fingerprint density at radius 3 is 2.78 bits per heavy atom. The number of aromatic nitrogens is 2. The van der Waals surface area contributed by atoms with Crippen molar-refractivity contribution >= 4 is 29.0 Å². The van der Waals surface area contributed by atoms with Crippen LogP contribution in [0, 0.1) is 18.2 Å². The van der Waals surface area contributed by atoms with Crippen molar-refractivity contribution in [1.82, 2.24) is 14.9 Å². The number of allylic oxidation sites excluding steroid dienone is 1. The Bertz CT molecular complexity index is 1430. The van der Waals surface area contributed by atoms with Crippen LogP contribution in [0.2, 0.25) is 0 Å². The molecule has 0 spiro atoms. The largest absolute Gasteiger partial charge is 0.446 e. The second kappa shape index (κ2) is 9.45. The molecule has 1 aromatic heterocycles. The van der Waals surface area contributed by atoms with Gasteiger partial charge in [0, 0.05) is 54.2 Å². The van der Waals surface area contributed by atoms with E-state index in [0.717, 1.165) is 42.6 Å². The molecule has 1 atom stereocenters. The molecule has 2 aromatic carbocycles. The number of nitrogens with one attached hydrogen (secondary N) is 1. The molecule has 2 aliphatic heterocycles. The summed E-state index contributed by atoms with van der Waals surface area (Å²) >= 11 is 0. The second-order valence-corrected chi connectivity index (χ2v) is 9.77. The van der Waals surface area contributed by atoms with Crippen LogP contribution in [0.4, 0.5) is 31.7 Å². The zero-order valence-electron chi connectivity index (χ0n) is 20.5. The third-order valence-corrected chi connectivity index (χ3v) is 7.36. The maximum atomic E-state index is 15.1. The van der Waals surface area contributed by atoms with E-state index < -0.39 is 11.6 Å². The third kappa shape index (κ3) is 4.38. The average molecular weight is 501 g/mol. The number of fused-ring (bicyclic) bond motifs is 2. The van der Waals surface area contributed by atoms with Crippen molar-refractivity contribution in [3.63, 3.8) is 0 Å². The molecular formula is C28H26F2N6O. The van der Waals surface area contributed by atoms with Gasteiger partial charge >= 0.3 is 0 Å². The highest BCUT2D eigenvalue weighted by atomic mass is 19.1. The van der Waals surface area contributed by atoms with Crippen LogP contribution in [0.15, 0.2) is 42.2 Å². The molecule has 3 aromatic rings. The minimum atomic E-state index is -0.675. The maximum absolute atomic E-state index is 15.1. The molecular weight excluding hydrogens is 474 g/mol. The standard InChI is InChI=1S/C28H26F2N6O/c1-17-12-21-22(13-17)25(30)24(14-23(21)29)37-28-26(31-2)27(32-16-33-28)34-18-5-7-19(8-6-18)36-11-10-35-9-3-4-20(35)15-36/h5-8,13-14,16,20H,3-4,9-12,15H2,1H3,(H,32,33,34). The van der Waals surface area contributed by atoms with E-state index in [-0.39, 0.29) is 28.7 Å². The van der Waals surface area contributed by atoms with Gasteiger partial charge in [0.15, 0.2) is 11.6 Å². The van der Waals surface area contributed by atoms with Crippen LogP contribution in [-0.2, 0) is 6.42 Å². The molecule has 0 bridgehead atoms. The molecule has 7 nitrogen and oxygen atoms in total. The molecule has 3 aliphatic rings. The molecule has 1 aliphatic carbocycles. The summed E-state index contributed by atoms with van der Waals surface area (Å²) in [5.74, 6) is -1.46. The minimum absolute atomic E-state index is 0.0176. The Hall–Kier alpha value is -4.03. The monoisotopic (exact) mass is 500 g/mol. The lowest BCUT2D eigenvalue weighted by molar-refractivity contribution is 0.231. The summed E-state index contributed by atoms with van der Waals surface area (Å²) in [5, 5.41) is 3.14. The number of halogens is 2. The predicted molar refractivity (Wildman–Crippen MR) is 139 cm³/mol. The van der Waals surface area contributed by atoms with Crippen molar-refractivity contribution in [2.75, 3.05) is 36.4 Å². The first-order chi connectivity index (χ1) is 18.0. The fraction of sp³-hybridized carbons (Fsp3) is 0.321. The number of benzene rings is 2. The van der Waals surface area contributed by atoms with Crippen LogP contribution >= 0.6 is 0 Å². The van der Waals surface area contributed by atoms with E-state index in [2.05, 4.69) is 42.1 Å². The summed E-state index contributed by atoms with van der Waals surface area (Å²) in [6, 6.07) is 9.64. The molecule has 0 amide bonds. The Balaban J connectivity index is 1.21. The van der Waals surface area contributed by atoms with Crippen LogP contribution < -0.4 is 15.0 Å². The van der Waals surface area contributed by atoms with E-state index in [1.54, 1.807) is 6.08 Å². The van der Waals surface area contributed by atoms with Gasteiger partial charge in [-0.1, -0.05) is 11.6 Å². The number of anilines is 3. The molecule has 1 N–H and O–H groups in total. The zero-order chi connectivity index (χ0) is 25.5. The van der Waals surface area contributed by atoms with Crippen LogP contribution in [0.3, 0.4) is 0 Å².